The number of piperidine rings is 1. The number of hydroxylamine groups is 3. The van der Waals surface area contributed by atoms with Crippen molar-refractivity contribution in [2.75, 3.05) is 19.7 Å². The molecule has 13 heteroatoms. The van der Waals surface area contributed by atoms with Crippen molar-refractivity contribution in [1.29, 1.82) is 0 Å². The van der Waals surface area contributed by atoms with Gasteiger partial charge in [0.05, 0.1) is 12.6 Å². The smallest absolute Gasteiger partial charge is 0.724 e. The Bertz CT molecular complexity index is 613. The second-order valence-electron chi connectivity index (χ2n) is 6.06. The fraction of sp³-hybridized carbons (Fsp3) is 0.833. The summed E-state index contributed by atoms with van der Waals surface area (Å²) in [6.07, 6.45) is 2.71. The van der Waals surface area contributed by atoms with Gasteiger partial charge < -0.3 is 14.8 Å². The average molecular weight is 386 g/mol. The second kappa shape index (κ2) is 8.48. The molecule has 0 aromatic carbocycles. The molecule has 3 heterocycles. The number of fused-ring (bicyclic) bond motifs is 2. The van der Waals surface area contributed by atoms with Gasteiger partial charge in [0, 0.05) is 12.6 Å². The van der Waals surface area contributed by atoms with Crippen molar-refractivity contribution < 1.29 is 61.2 Å². The van der Waals surface area contributed by atoms with Gasteiger partial charge in [0.25, 0.3) is 5.91 Å². The molecule has 2 N–H and O–H groups in total. The van der Waals surface area contributed by atoms with Gasteiger partial charge in [-0.1, -0.05) is 0 Å². The normalized spacial score (nSPS) is 28.8. The van der Waals surface area contributed by atoms with Gasteiger partial charge in [-0.25, -0.2) is 18.7 Å². The van der Waals surface area contributed by atoms with Crippen LogP contribution in [0.3, 0.4) is 0 Å². The van der Waals surface area contributed by atoms with E-state index in [1.807, 2.05) is 0 Å². The molecule has 3 atom stereocenters. The summed E-state index contributed by atoms with van der Waals surface area (Å²) in [5.41, 5.74) is 2.33. The molecule has 136 valence electrons. The SMILES string of the molecule is O=C(NOC[C@H]1CCCN1)[C@@H]1CC[C@@H]2CN1C(=O)N2OS(=O)(=O)[O-].[Na+]. The number of hydrogen-bond donors (Lipinski definition) is 2. The van der Waals surface area contributed by atoms with Gasteiger partial charge in [0.2, 0.25) is 10.4 Å². The van der Waals surface area contributed by atoms with Gasteiger partial charge in [-0.2, -0.15) is 9.35 Å². The molecule has 11 nitrogen and oxygen atoms in total. The summed E-state index contributed by atoms with van der Waals surface area (Å²) >= 11 is 0. The van der Waals surface area contributed by atoms with Crippen molar-refractivity contribution in [2.45, 2.75) is 43.8 Å². The summed E-state index contributed by atoms with van der Waals surface area (Å²) in [5, 5.41) is 3.76. The van der Waals surface area contributed by atoms with E-state index in [-0.39, 0.29) is 42.1 Å². The van der Waals surface area contributed by atoms with E-state index >= 15 is 0 Å². The Kier molecular flexibility index (Phi) is 7.07. The Morgan fingerprint density at radius 1 is 1.36 bits per heavy atom. The zero-order valence-electron chi connectivity index (χ0n) is 13.8. The maximum atomic E-state index is 12.2. The quantitative estimate of drug-likeness (QED) is 0.201. The maximum Gasteiger partial charge on any atom is 1.00 e. The molecule has 25 heavy (non-hydrogen) atoms. The molecule has 3 rings (SSSR count). The van der Waals surface area contributed by atoms with Gasteiger partial charge in [-0.15, -0.1) is 0 Å². The number of amides is 3. The number of rotatable bonds is 6. The summed E-state index contributed by atoms with van der Waals surface area (Å²) in [7, 11) is -5.04. The third-order valence-electron chi connectivity index (χ3n) is 4.42. The second-order valence-corrected chi connectivity index (χ2v) is 7.03. The van der Waals surface area contributed by atoms with Crippen molar-refractivity contribution in [3.8, 4) is 0 Å². The van der Waals surface area contributed by atoms with Crippen LogP contribution in [0.25, 0.3) is 0 Å². The van der Waals surface area contributed by atoms with Crippen LogP contribution in [0.15, 0.2) is 0 Å². The van der Waals surface area contributed by atoms with E-state index < -0.39 is 34.4 Å². The first kappa shape index (κ1) is 20.8. The number of carbonyl (C=O) groups is 2. The van der Waals surface area contributed by atoms with Crippen molar-refractivity contribution in [2.24, 2.45) is 0 Å². The minimum atomic E-state index is -5.04. The predicted octanol–water partition coefficient (Wildman–Crippen LogP) is -4.55. The van der Waals surface area contributed by atoms with Crippen LogP contribution in [0.4, 0.5) is 4.79 Å². The summed E-state index contributed by atoms with van der Waals surface area (Å²) in [6.45, 7) is 1.38. The minimum Gasteiger partial charge on any atom is -0.724 e. The summed E-state index contributed by atoms with van der Waals surface area (Å²) in [4.78, 5) is 30.7. The monoisotopic (exact) mass is 386 g/mol. The number of nitrogens with zero attached hydrogens (tertiary/aromatic N) is 2. The summed E-state index contributed by atoms with van der Waals surface area (Å²) < 4.78 is 36.3. The van der Waals surface area contributed by atoms with Crippen LogP contribution in [0.2, 0.25) is 0 Å². The van der Waals surface area contributed by atoms with E-state index in [1.165, 1.54) is 4.90 Å². The Morgan fingerprint density at radius 2 is 2.12 bits per heavy atom. The van der Waals surface area contributed by atoms with E-state index in [4.69, 9.17) is 4.84 Å². The molecule has 3 amide bonds. The van der Waals surface area contributed by atoms with Crippen LogP contribution in [0.5, 0.6) is 0 Å². The molecule has 0 aromatic heterocycles. The first-order chi connectivity index (χ1) is 11.3. The topological polar surface area (TPSA) is 140 Å². The Balaban J connectivity index is 0.00000225. The largest absolute Gasteiger partial charge is 1.00 e. The fourth-order valence-corrected chi connectivity index (χ4v) is 3.66. The maximum absolute atomic E-state index is 12.2. The molecule has 0 unspecified atom stereocenters. The third kappa shape index (κ3) is 5.04. The number of urea groups is 1. The Morgan fingerprint density at radius 3 is 2.76 bits per heavy atom. The number of nitrogens with one attached hydrogen (secondary N) is 2. The zero-order chi connectivity index (χ0) is 17.3. The van der Waals surface area contributed by atoms with Crippen LogP contribution >= 0.6 is 0 Å². The number of hydrogen-bond acceptors (Lipinski definition) is 8. The van der Waals surface area contributed by atoms with Gasteiger partial charge >= 0.3 is 35.6 Å². The van der Waals surface area contributed by atoms with Gasteiger partial charge in [0.15, 0.2) is 0 Å². The first-order valence-corrected chi connectivity index (χ1v) is 9.09. The van der Waals surface area contributed by atoms with E-state index in [9.17, 15) is 22.6 Å². The summed E-state index contributed by atoms with van der Waals surface area (Å²) in [5.74, 6) is -0.480. The van der Waals surface area contributed by atoms with Crippen LogP contribution < -0.4 is 40.4 Å². The van der Waals surface area contributed by atoms with Crippen LogP contribution in [0.1, 0.15) is 25.7 Å². The standard InChI is InChI=1S/C12H20N4O7S.Na/c17-11(14-22-7-8-2-1-5-13-8)10-4-3-9-6-15(10)12(18)16(9)23-24(19,20)21;/h8-10,13H,1-7H2,(H,14,17)(H,19,20,21);/q;+1/p-1/t8-,9-,10+;/m1./s1. The molecular weight excluding hydrogens is 367 g/mol. The molecule has 2 bridgehead atoms. The van der Waals surface area contributed by atoms with Crippen LogP contribution in [-0.2, 0) is 24.3 Å². The minimum absolute atomic E-state index is 0. The zero-order valence-corrected chi connectivity index (χ0v) is 16.7. The first-order valence-electron chi connectivity index (χ1n) is 7.75. The average Bonchev–Trinajstić information content (AvgIpc) is 3.10. The fourth-order valence-electron chi connectivity index (χ4n) is 3.28. The number of carbonyl (C=O) groups excluding carboxylic acids is 2. The van der Waals surface area contributed by atoms with Gasteiger partial charge in [-0.3, -0.25) is 9.63 Å². The Labute approximate surface area is 167 Å². The van der Waals surface area contributed by atoms with E-state index in [0.717, 1.165) is 19.4 Å². The van der Waals surface area contributed by atoms with Gasteiger partial charge in [-0.05, 0) is 32.2 Å². The molecule has 3 aliphatic heterocycles. The van der Waals surface area contributed by atoms with E-state index in [1.54, 1.807) is 0 Å². The molecule has 3 aliphatic rings. The predicted molar refractivity (Wildman–Crippen MR) is 76.7 cm³/mol. The molecule has 3 saturated heterocycles. The van der Waals surface area contributed by atoms with Crippen molar-refractivity contribution in [3.05, 3.63) is 0 Å². The van der Waals surface area contributed by atoms with Crippen molar-refractivity contribution >= 4 is 22.3 Å². The van der Waals surface area contributed by atoms with Crippen LogP contribution in [0, 0.1) is 0 Å². The van der Waals surface area contributed by atoms with E-state index in [2.05, 4.69) is 15.1 Å². The molecular formula is C12H19N4NaO7S. The van der Waals surface area contributed by atoms with Crippen molar-refractivity contribution in [3.63, 3.8) is 0 Å². The molecule has 0 saturated carbocycles. The summed E-state index contributed by atoms with van der Waals surface area (Å²) in [6, 6.07) is -1.96. The van der Waals surface area contributed by atoms with E-state index in [0.29, 0.717) is 24.5 Å². The molecule has 0 radical (unpaired) electrons. The van der Waals surface area contributed by atoms with Gasteiger partial charge in [0.1, 0.15) is 6.04 Å². The van der Waals surface area contributed by atoms with Crippen molar-refractivity contribution in [1.82, 2.24) is 20.8 Å². The molecule has 0 spiro atoms. The molecule has 0 aliphatic carbocycles. The van der Waals surface area contributed by atoms with Crippen LogP contribution in [-0.4, -0.2) is 72.7 Å². The molecule has 3 fully saturated rings. The Hall–Kier alpha value is -0.470. The third-order valence-corrected chi connectivity index (χ3v) is 4.76. The molecule has 0 aromatic rings.